The Kier molecular flexibility index (Phi) is 3.46. The van der Waals surface area contributed by atoms with E-state index in [0.717, 1.165) is 32.0 Å². The molecule has 1 saturated carbocycles. The van der Waals surface area contributed by atoms with Gasteiger partial charge in [0.1, 0.15) is 0 Å². The van der Waals surface area contributed by atoms with Crippen LogP contribution in [0.25, 0.3) is 0 Å². The van der Waals surface area contributed by atoms with Crippen LogP contribution in [0.5, 0.6) is 0 Å². The van der Waals surface area contributed by atoms with Crippen LogP contribution < -0.4 is 5.32 Å². The first-order chi connectivity index (χ1) is 7.29. The van der Waals surface area contributed by atoms with Gasteiger partial charge in [-0.15, -0.1) is 0 Å². The summed E-state index contributed by atoms with van der Waals surface area (Å²) in [4.78, 5) is 13.8. The molecule has 1 unspecified atom stereocenters. The molecular weight excluding hydrogens is 192 g/mol. The van der Waals surface area contributed by atoms with E-state index in [-0.39, 0.29) is 12.1 Å². The van der Waals surface area contributed by atoms with E-state index < -0.39 is 0 Å². The highest BCUT2D eigenvalue weighted by atomic mass is 16.5. The minimum Gasteiger partial charge on any atom is -0.379 e. The van der Waals surface area contributed by atoms with Gasteiger partial charge in [0.2, 0.25) is 0 Å². The van der Waals surface area contributed by atoms with Crippen LogP contribution in [-0.4, -0.2) is 43.3 Å². The maximum Gasteiger partial charge on any atom is 0.317 e. The number of amides is 2. The molecule has 1 atom stereocenters. The van der Waals surface area contributed by atoms with Crippen molar-refractivity contribution in [2.45, 2.75) is 32.2 Å². The van der Waals surface area contributed by atoms with Gasteiger partial charge in [-0.2, -0.15) is 0 Å². The van der Waals surface area contributed by atoms with E-state index in [0.29, 0.717) is 6.61 Å². The number of carbonyl (C=O) groups is 1. The highest BCUT2D eigenvalue weighted by molar-refractivity contribution is 5.74. The van der Waals surface area contributed by atoms with E-state index in [4.69, 9.17) is 4.74 Å². The largest absolute Gasteiger partial charge is 0.379 e. The van der Waals surface area contributed by atoms with E-state index in [1.165, 1.54) is 12.8 Å². The summed E-state index contributed by atoms with van der Waals surface area (Å²) < 4.78 is 5.23. The van der Waals surface area contributed by atoms with E-state index in [1.807, 2.05) is 11.8 Å². The molecule has 1 N–H and O–H groups in total. The van der Waals surface area contributed by atoms with Crippen LogP contribution in [-0.2, 0) is 4.74 Å². The maximum atomic E-state index is 11.9. The predicted octanol–water partition coefficient (Wildman–Crippen LogP) is 1.22. The van der Waals surface area contributed by atoms with Gasteiger partial charge in [0.05, 0.1) is 12.6 Å². The predicted molar refractivity (Wildman–Crippen MR) is 57.7 cm³/mol. The van der Waals surface area contributed by atoms with E-state index in [9.17, 15) is 4.79 Å². The smallest absolute Gasteiger partial charge is 0.317 e. The lowest BCUT2D eigenvalue weighted by atomic mass is 10.3. The van der Waals surface area contributed by atoms with Crippen molar-refractivity contribution >= 4 is 6.03 Å². The van der Waals surface area contributed by atoms with Crippen LogP contribution in [0.2, 0.25) is 0 Å². The first-order valence-electron chi connectivity index (χ1n) is 5.92. The summed E-state index contributed by atoms with van der Waals surface area (Å²) in [5, 5.41) is 3.02. The number of ether oxygens (including phenoxy) is 1. The van der Waals surface area contributed by atoms with Crippen LogP contribution in [0.4, 0.5) is 4.79 Å². The van der Waals surface area contributed by atoms with Gasteiger partial charge < -0.3 is 15.0 Å². The molecule has 2 amide bonds. The highest BCUT2D eigenvalue weighted by Gasteiger charge is 2.27. The van der Waals surface area contributed by atoms with Crippen molar-refractivity contribution in [2.75, 3.05) is 26.3 Å². The Bertz CT molecular complexity index is 223. The number of hydrogen-bond donors (Lipinski definition) is 1. The molecule has 1 aliphatic carbocycles. The fraction of sp³-hybridized carbons (Fsp3) is 0.909. The molecule has 0 radical (unpaired) electrons. The summed E-state index contributed by atoms with van der Waals surface area (Å²) in [6.07, 6.45) is 3.53. The lowest BCUT2D eigenvalue weighted by Crippen LogP contribution is -2.45. The fourth-order valence-electron chi connectivity index (χ4n) is 1.88. The zero-order valence-corrected chi connectivity index (χ0v) is 9.37. The molecule has 0 aromatic rings. The average molecular weight is 212 g/mol. The molecular formula is C11H20N2O2. The summed E-state index contributed by atoms with van der Waals surface area (Å²) in [6, 6.07) is 0.311. The SMILES string of the molecule is CCN(CC1CC1)C(=O)NC1CCOC1. The van der Waals surface area contributed by atoms with Gasteiger partial charge in [-0.05, 0) is 32.1 Å². The molecule has 4 heteroatoms. The topological polar surface area (TPSA) is 41.6 Å². The molecule has 4 nitrogen and oxygen atoms in total. The number of urea groups is 1. The third kappa shape index (κ3) is 3.09. The first kappa shape index (κ1) is 10.7. The first-order valence-corrected chi connectivity index (χ1v) is 5.92. The van der Waals surface area contributed by atoms with Gasteiger partial charge in [-0.25, -0.2) is 4.79 Å². The maximum absolute atomic E-state index is 11.9. The molecule has 2 aliphatic rings. The van der Waals surface area contributed by atoms with E-state index in [2.05, 4.69) is 5.32 Å². The third-order valence-electron chi connectivity index (χ3n) is 3.10. The Morgan fingerprint density at radius 3 is 2.80 bits per heavy atom. The van der Waals surface area contributed by atoms with Gasteiger partial charge in [0.15, 0.2) is 0 Å². The van der Waals surface area contributed by atoms with Crippen molar-refractivity contribution in [3.8, 4) is 0 Å². The van der Waals surface area contributed by atoms with Crippen LogP contribution in [0, 0.1) is 5.92 Å². The Hall–Kier alpha value is -0.770. The fourth-order valence-corrected chi connectivity index (χ4v) is 1.88. The minimum absolute atomic E-state index is 0.0832. The molecule has 1 saturated heterocycles. The normalized spacial score (nSPS) is 25.3. The van der Waals surface area contributed by atoms with Crippen molar-refractivity contribution in [1.82, 2.24) is 10.2 Å². The van der Waals surface area contributed by atoms with Gasteiger partial charge >= 0.3 is 6.03 Å². The second-order valence-electron chi connectivity index (χ2n) is 4.49. The standard InChI is InChI=1S/C11H20N2O2/c1-2-13(7-9-3-4-9)11(14)12-10-5-6-15-8-10/h9-10H,2-8H2,1H3,(H,12,14). The Morgan fingerprint density at radius 2 is 2.27 bits per heavy atom. The molecule has 0 spiro atoms. The quantitative estimate of drug-likeness (QED) is 0.761. The van der Waals surface area contributed by atoms with E-state index in [1.54, 1.807) is 0 Å². The molecule has 1 heterocycles. The molecule has 1 aliphatic heterocycles. The van der Waals surface area contributed by atoms with Crippen LogP contribution in [0.3, 0.4) is 0 Å². The van der Waals surface area contributed by atoms with Crippen molar-refractivity contribution in [1.29, 1.82) is 0 Å². The van der Waals surface area contributed by atoms with Gasteiger partial charge in [-0.3, -0.25) is 0 Å². The summed E-state index contributed by atoms with van der Waals surface area (Å²) in [7, 11) is 0. The third-order valence-corrected chi connectivity index (χ3v) is 3.10. The summed E-state index contributed by atoms with van der Waals surface area (Å²) >= 11 is 0. The number of nitrogens with zero attached hydrogens (tertiary/aromatic N) is 1. The molecule has 15 heavy (non-hydrogen) atoms. The molecule has 0 bridgehead atoms. The molecule has 2 rings (SSSR count). The molecule has 2 fully saturated rings. The Morgan fingerprint density at radius 1 is 1.47 bits per heavy atom. The van der Waals surface area contributed by atoms with Crippen LogP contribution >= 0.6 is 0 Å². The molecule has 86 valence electrons. The molecule has 0 aromatic heterocycles. The number of nitrogens with one attached hydrogen (secondary N) is 1. The van der Waals surface area contributed by atoms with Gasteiger partial charge in [-0.1, -0.05) is 0 Å². The second-order valence-corrected chi connectivity index (χ2v) is 4.49. The number of carbonyl (C=O) groups excluding carboxylic acids is 1. The lowest BCUT2D eigenvalue weighted by Gasteiger charge is -2.23. The number of rotatable bonds is 4. The van der Waals surface area contributed by atoms with Crippen LogP contribution in [0.1, 0.15) is 26.2 Å². The minimum atomic E-state index is 0.0832. The Labute approximate surface area is 91.0 Å². The van der Waals surface area contributed by atoms with Gasteiger partial charge in [0, 0.05) is 19.7 Å². The Balaban J connectivity index is 1.75. The van der Waals surface area contributed by atoms with Crippen LogP contribution in [0.15, 0.2) is 0 Å². The van der Waals surface area contributed by atoms with Crippen molar-refractivity contribution in [3.63, 3.8) is 0 Å². The summed E-state index contributed by atoms with van der Waals surface area (Å²) in [5.74, 6) is 0.760. The summed E-state index contributed by atoms with van der Waals surface area (Å²) in [6.45, 7) is 5.21. The lowest BCUT2D eigenvalue weighted by molar-refractivity contribution is 0.178. The van der Waals surface area contributed by atoms with Crippen molar-refractivity contribution in [3.05, 3.63) is 0 Å². The zero-order chi connectivity index (χ0) is 10.7. The second kappa shape index (κ2) is 4.84. The van der Waals surface area contributed by atoms with E-state index >= 15 is 0 Å². The highest BCUT2D eigenvalue weighted by Crippen LogP contribution is 2.29. The zero-order valence-electron chi connectivity index (χ0n) is 9.37. The van der Waals surface area contributed by atoms with Gasteiger partial charge in [0.25, 0.3) is 0 Å². The average Bonchev–Trinajstić information content (AvgIpc) is 2.91. The molecule has 0 aromatic carbocycles. The summed E-state index contributed by atoms with van der Waals surface area (Å²) in [5.41, 5.74) is 0. The van der Waals surface area contributed by atoms with Crippen molar-refractivity contribution < 1.29 is 9.53 Å². The monoisotopic (exact) mass is 212 g/mol. The number of hydrogen-bond acceptors (Lipinski definition) is 2. The van der Waals surface area contributed by atoms with Crippen molar-refractivity contribution in [2.24, 2.45) is 5.92 Å².